The third-order valence-electron chi connectivity index (χ3n) is 3.42. The molecule has 1 atom stereocenters. The van der Waals surface area contributed by atoms with Gasteiger partial charge < -0.3 is 0 Å². The van der Waals surface area contributed by atoms with Crippen molar-refractivity contribution < 1.29 is 0 Å². The van der Waals surface area contributed by atoms with Crippen molar-refractivity contribution in [1.82, 2.24) is 0 Å². The SMILES string of the molecule is C=CC(C=CC)(CC)C(C)=C(C=CC)C=CCC. The molecule has 0 fully saturated rings. The van der Waals surface area contributed by atoms with Crippen LogP contribution in [0.4, 0.5) is 0 Å². The summed E-state index contributed by atoms with van der Waals surface area (Å²) in [4.78, 5) is 0. The van der Waals surface area contributed by atoms with Gasteiger partial charge in [0.05, 0.1) is 0 Å². The summed E-state index contributed by atoms with van der Waals surface area (Å²) in [7, 11) is 0. The van der Waals surface area contributed by atoms with Gasteiger partial charge in [-0.15, -0.1) is 6.58 Å². The van der Waals surface area contributed by atoms with Crippen molar-refractivity contribution in [3.63, 3.8) is 0 Å². The van der Waals surface area contributed by atoms with Gasteiger partial charge >= 0.3 is 0 Å². The Morgan fingerprint density at radius 3 is 2.17 bits per heavy atom. The second-order valence-corrected chi connectivity index (χ2v) is 4.49. The van der Waals surface area contributed by atoms with Gasteiger partial charge in [0, 0.05) is 5.41 Å². The normalized spacial score (nSPS) is 17.4. The van der Waals surface area contributed by atoms with Crippen molar-refractivity contribution in [2.75, 3.05) is 0 Å². The van der Waals surface area contributed by atoms with E-state index in [1.807, 2.05) is 0 Å². The van der Waals surface area contributed by atoms with Gasteiger partial charge in [-0.05, 0) is 39.2 Å². The first-order valence-corrected chi connectivity index (χ1v) is 6.89. The zero-order valence-corrected chi connectivity index (χ0v) is 12.7. The van der Waals surface area contributed by atoms with Crippen molar-refractivity contribution in [3.05, 3.63) is 60.3 Å². The second-order valence-electron chi connectivity index (χ2n) is 4.49. The molecule has 0 amide bonds. The van der Waals surface area contributed by atoms with E-state index in [-0.39, 0.29) is 5.41 Å². The molecule has 0 radical (unpaired) electrons. The van der Waals surface area contributed by atoms with Gasteiger partial charge in [0.25, 0.3) is 0 Å². The van der Waals surface area contributed by atoms with Gasteiger partial charge in [-0.25, -0.2) is 0 Å². The lowest BCUT2D eigenvalue weighted by Gasteiger charge is -2.28. The van der Waals surface area contributed by atoms with E-state index < -0.39 is 0 Å². The van der Waals surface area contributed by atoms with E-state index >= 15 is 0 Å². The maximum atomic E-state index is 4.03. The Balaban J connectivity index is 5.78. The lowest BCUT2D eigenvalue weighted by molar-refractivity contribution is 0.560. The van der Waals surface area contributed by atoms with Crippen molar-refractivity contribution >= 4 is 0 Å². The third kappa shape index (κ3) is 4.18. The fourth-order valence-corrected chi connectivity index (χ4v) is 2.17. The lowest BCUT2D eigenvalue weighted by Crippen LogP contribution is -2.16. The molecule has 0 aliphatic heterocycles. The standard InChI is InChI=1S/C18H28/c1-7-12-14-17(13-8-2)16(6)18(10-4,11-5)15-9-3/h8-10,12-15H,4,7,11H2,1-3,5-6H3. The molecule has 0 spiro atoms. The van der Waals surface area contributed by atoms with Crippen molar-refractivity contribution in [1.29, 1.82) is 0 Å². The Morgan fingerprint density at radius 2 is 1.78 bits per heavy atom. The van der Waals surface area contributed by atoms with Crippen LogP contribution in [0.3, 0.4) is 0 Å². The summed E-state index contributed by atoms with van der Waals surface area (Å²) in [5.41, 5.74) is 2.63. The second kappa shape index (κ2) is 8.74. The molecule has 100 valence electrons. The summed E-state index contributed by atoms with van der Waals surface area (Å²) < 4.78 is 0. The first-order chi connectivity index (χ1) is 8.61. The van der Waals surface area contributed by atoms with Crippen LogP contribution in [0.2, 0.25) is 0 Å². The van der Waals surface area contributed by atoms with E-state index in [2.05, 4.69) is 83.7 Å². The van der Waals surface area contributed by atoms with E-state index in [1.165, 1.54) is 11.1 Å². The average Bonchev–Trinajstić information content (AvgIpc) is 2.40. The van der Waals surface area contributed by atoms with Gasteiger partial charge in [-0.1, -0.05) is 62.0 Å². The number of hydrogen-bond donors (Lipinski definition) is 0. The van der Waals surface area contributed by atoms with Crippen molar-refractivity contribution in [3.8, 4) is 0 Å². The Kier molecular flexibility index (Phi) is 8.11. The van der Waals surface area contributed by atoms with E-state index in [9.17, 15) is 0 Å². The van der Waals surface area contributed by atoms with E-state index in [1.54, 1.807) is 0 Å². The average molecular weight is 244 g/mol. The van der Waals surface area contributed by atoms with E-state index in [0.717, 1.165) is 12.8 Å². The fraction of sp³-hybridized carbons (Fsp3) is 0.444. The molecule has 0 aliphatic carbocycles. The Bertz CT molecular complexity index is 363. The first-order valence-electron chi connectivity index (χ1n) is 6.89. The molecule has 0 aliphatic rings. The summed E-state index contributed by atoms with van der Waals surface area (Å²) in [6.07, 6.45) is 17.2. The van der Waals surface area contributed by atoms with E-state index in [4.69, 9.17) is 0 Å². The zero-order chi connectivity index (χ0) is 14.0. The summed E-state index contributed by atoms with van der Waals surface area (Å²) in [5, 5.41) is 0. The molecule has 0 nitrogen and oxygen atoms in total. The molecule has 18 heavy (non-hydrogen) atoms. The van der Waals surface area contributed by atoms with Crippen molar-refractivity contribution in [2.45, 2.75) is 47.5 Å². The smallest absolute Gasteiger partial charge is 0.0272 e. The molecule has 0 rings (SSSR count). The van der Waals surface area contributed by atoms with Crippen molar-refractivity contribution in [2.24, 2.45) is 5.41 Å². The molecular formula is C18H28. The largest absolute Gasteiger partial charge is 0.102 e. The van der Waals surface area contributed by atoms with Crippen LogP contribution in [-0.2, 0) is 0 Å². The van der Waals surface area contributed by atoms with Gasteiger partial charge in [0.1, 0.15) is 0 Å². The number of allylic oxidation sites excluding steroid dienone is 9. The molecule has 0 heteroatoms. The third-order valence-corrected chi connectivity index (χ3v) is 3.42. The molecule has 0 aromatic heterocycles. The molecule has 0 bridgehead atoms. The zero-order valence-electron chi connectivity index (χ0n) is 12.7. The fourth-order valence-electron chi connectivity index (χ4n) is 2.17. The molecule has 0 aromatic carbocycles. The van der Waals surface area contributed by atoms with Gasteiger partial charge in [-0.2, -0.15) is 0 Å². The van der Waals surface area contributed by atoms with Crippen LogP contribution in [-0.4, -0.2) is 0 Å². The predicted octanol–water partition coefficient (Wildman–Crippen LogP) is 6.00. The first kappa shape index (κ1) is 16.7. The van der Waals surface area contributed by atoms with Crippen LogP contribution < -0.4 is 0 Å². The van der Waals surface area contributed by atoms with Crippen LogP contribution in [0.1, 0.15) is 47.5 Å². The highest BCUT2D eigenvalue weighted by atomic mass is 14.3. The minimum Gasteiger partial charge on any atom is -0.102 e. The van der Waals surface area contributed by atoms with Crippen LogP contribution >= 0.6 is 0 Å². The Hall–Kier alpha value is -1.30. The summed E-state index contributed by atoms with van der Waals surface area (Å²) >= 11 is 0. The maximum Gasteiger partial charge on any atom is 0.0272 e. The predicted molar refractivity (Wildman–Crippen MR) is 84.7 cm³/mol. The topological polar surface area (TPSA) is 0 Å². The monoisotopic (exact) mass is 244 g/mol. The highest BCUT2D eigenvalue weighted by Crippen LogP contribution is 2.36. The molecule has 0 saturated carbocycles. The molecule has 0 N–H and O–H groups in total. The molecule has 0 aromatic rings. The Morgan fingerprint density at radius 1 is 1.11 bits per heavy atom. The van der Waals surface area contributed by atoms with Crippen LogP contribution in [0.5, 0.6) is 0 Å². The number of hydrogen-bond acceptors (Lipinski definition) is 0. The Labute approximate surface area is 113 Å². The summed E-state index contributed by atoms with van der Waals surface area (Å²) in [5.74, 6) is 0. The van der Waals surface area contributed by atoms with Crippen LogP contribution in [0.15, 0.2) is 60.3 Å². The molecular weight excluding hydrogens is 216 g/mol. The van der Waals surface area contributed by atoms with Gasteiger partial charge in [-0.3, -0.25) is 0 Å². The quantitative estimate of drug-likeness (QED) is 0.380. The number of rotatable bonds is 7. The van der Waals surface area contributed by atoms with E-state index in [0.29, 0.717) is 0 Å². The highest BCUT2D eigenvalue weighted by Gasteiger charge is 2.24. The molecule has 0 saturated heterocycles. The van der Waals surface area contributed by atoms with Gasteiger partial charge in [0.2, 0.25) is 0 Å². The summed E-state index contributed by atoms with van der Waals surface area (Å²) in [6.45, 7) is 14.7. The summed E-state index contributed by atoms with van der Waals surface area (Å²) in [6, 6.07) is 0. The molecule has 1 unspecified atom stereocenters. The highest BCUT2D eigenvalue weighted by molar-refractivity contribution is 5.42. The minimum atomic E-state index is -0.0261. The van der Waals surface area contributed by atoms with Crippen LogP contribution in [0, 0.1) is 5.41 Å². The lowest BCUT2D eigenvalue weighted by atomic mass is 9.76. The van der Waals surface area contributed by atoms with Gasteiger partial charge in [0.15, 0.2) is 0 Å². The van der Waals surface area contributed by atoms with Crippen LogP contribution in [0.25, 0.3) is 0 Å². The minimum absolute atomic E-state index is 0.0261. The molecule has 0 heterocycles. The maximum absolute atomic E-state index is 4.03.